The highest BCUT2D eigenvalue weighted by Gasteiger charge is 2.30. The van der Waals surface area contributed by atoms with E-state index in [0.717, 1.165) is 38.9 Å². The zero-order valence-electron chi connectivity index (χ0n) is 15.9. The molecule has 2 aliphatic heterocycles. The number of benzene rings is 1. The molecule has 28 heavy (non-hydrogen) atoms. The van der Waals surface area contributed by atoms with E-state index >= 15 is 0 Å². The Hall–Kier alpha value is -2.15. The highest BCUT2D eigenvalue weighted by molar-refractivity contribution is 7.89. The van der Waals surface area contributed by atoms with Crippen LogP contribution in [0.2, 0.25) is 0 Å². The van der Waals surface area contributed by atoms with Gasteiger partial charge in [0, 0.05) is 58.3 Å². The Morgan fingerprint density at radius 3 is 2.36 bits per heavy atom. The van der Waals surface area contributed by atoms with E-state index in [0.29, 0.717) is 38.3 Å². The Labute approximate surface area is 166 Å². The molecule has 2 heterocycles. The predicted molar refractivity (Wildman–Crippen MR) is 108 cm³/mol. The lowest BCUT2D eigenvalue weighted by Gasteiger charge is -2.35. The summed E-state index contributed by atoms with van der Waals surface area (Å²) in [6.45, 7) is 4.58. The number of nitro groups is 1. The zero-order chi connectivity index (χ0) is 20.1. The van der Waals surface area contributed by atoms with E-state index in [2.05, 4.69) is 10.8 Å². The van der Waals surface area contributed by atoms with E-state index in [1.54, 1.807) is 6.07 Å². The van der Waals surface area contributed by atoms with Crippen LogP contribution in [0.1, 0.15) is 25.7 Å². The summed E-state index contributed by atoms with van der Waals surface area (Å²) in [6, 6.07) is 4.28. The number of terminal acetylenes is 1. The molecule has 0 spiro atoms. The molecule has 0 aliphatic carbocycles. The lowest BCUT2D eigenvalue weighted by molar-refractivity contribution is -0.384. The number of piperidine rings is 1. The summed E-state index contributed by atoms with van der Waals surface area (Å²) in [5, 5.41) is 11.7. The Balaban J connectivity index is 1.81. The first-order valence-electron chi connectivity index (χ1n) is 9.63. The molecule has 0 aromatic heterocycles. The van der Waals surface area contributed by atoms with Crippen molar-refractivity contribution in [1.82, 2.24) is 9.21 Å². The summed E-state index contributed by atoms with van der Waals surface area (Å²) in [5.41, 5.74) is 0.314. The van der Waals surface area contributed by atoms with Gasteiger partial charge in [0.15, 0.2) is 0 Å². The number of anilines is 1. The van der Waals surface area contributed by atoms with Gasteiger partial charge >= 0.3 is 0 Å². The van der Waals surface area contributed by atoms with Crippen LogP contribution >= 0.6 is 0 Å². The molecule has 8 nitrogen and oxygen atoms in total. The third-order valence-electron chi connectivity index (χ3n) is 5.38. The zero-order valence-corrected chi connectivity index (χ0v) is 16.7. The lowest BCUT2D eigenvalue weighted by Crippen LogP contribution is -2.46. The molecule has 9 heteroatoms. The Morgan fingerprint density at radius 1 is 1.07 bits per heavy atom. The van der Waals surface area contributed by atoms with Gasteiger partial charge in [-0.05, 0) is 25.0 Å². The van der Waals surface area contributed by atoms with Crippen molar-refractivity contribution in [2.45, 2.75) is 30.6 Å². The second-order valence-electron chi connectivity index (χ2n) is 7.16. The number of nitrogens with zero attached hydrogens (tertiary/aromatic N) is 4. The van der Waals surface area contributed by atoms with E-state index in [9.17, 15) is 18.5 Å². The number of hydrogen-bond donors (Lipinski definition) is 0. The van der Waals surface area contributed by atoms with Crippen LogP contribution in [-0.4, -0.2) is 68.4 Å². The largest absolute Gasteiger partial charge is 0.363 e. The maximum atomic E-state index is 12.9. The van der Waals surface area contributed by atoms with Crippen molar-refractivity contribution in [1.29, 1.82) is 0 Å². The third kappa shape index (κ3) is 4.46. The van der Waals surface area contributed by atoms with Crippen molar-refractivity contribution in [3.05, 3.63) is 28.3 Å². The summed E-state index contributed by atoms with van der Waals surface area (Å²) < 4.78 is 27.1. The van der Waals surface area contributed by atoms with Gasteiger partial charge < -0.3 is 4.90 Å². The molecule has 152 valence electrons. The molecule has 2 aliphatic rings. The summed E-state index contributed by atoms with van der Waals surface area (Å²) >= 11 is 0. The number of nitro benzene ring substituents is 1. The van der Waals surface area contributed by atoms with Gasteiger partial charge in [-0.1, -0.05) is 6.42 Å². The molecule has 1 aromatic rings. The molecule has 3 rings (SSSR count). The average molecular weight is 407 g/mol. The molecule has 0 atom stereocenters. The lowest BCUT2D eigenvalue weighted by atomic mass is 10.2. The van der Waals surface area contributed by atoms with Crippen LogP contribution in [-0.2, 0) is 10.0 Å². The average Bonchev–Trinajstić information content (AvgIpc) is 2.72. The minimum absolute atomic E-state index is 0.00231. The highest BCUT2D eigenvalue weighted by Crippen LogP contribution is 2.33. The number of rotatable bonds is 6. The maximum absolute atomic E-state index is 12.9. The van der Waals surface area contributed by atoms with Gasteiger partial charge in [0.05, 0.1) is 9.82 Å². The second-order valence-corrected chi connectivity index (χ2v) is 9.09. The van der Waals surface area contributed by atoms with Crippen molar-refractivity contribution < 1.29 is 13.3 Å². The number of piperazine rings is 1. The molecule has 0 saturated carbocycles. The van der Waals surface area contributed by atoms with Crippen LogP contribution in [0.25, 0.3) is 0 Å². The normalized spacial score (nSPS) is 19.3. The topological polar surface area (TPSA) is 87.0 Å². The molecular formula is C19H26N4O4S. The van der Waals surface area contributed by atoms with Crippen molar-refractivity contribution in [3.63, 3.8) is 0 Å². The van der Waals surface area contributed by atoms with Crippen LogP contribution in [0.3, 0.4) is 0 Å². The van der Waals surface area contributed by atoms with Crippen LogP contribution in [0, 0.1) is 22.5 Å². The van der Waals surface area contributed by atoms with E-state index in [4.69, 9.17) is 6.42 Å². The second kappa shape index (κ2) is 8.90. The maximum Gasteiger partial charge on any atom is 0.293 e. The minimum Gasteiger partial charge on any atom is -0.363 e. The monoisotopic (exact) mass is 406 g/mol. The molecule has 0 N–H and O–H groups in total. The number of hydrogen-bond acceptors (Lipinski definition) is 6. The molecule has 2 saturated heterocycles. The molecule has 0 amide bonds. The fourth-order valence-corrected chi connectivity index (χ4v) is 5.30. The van der Waals surface area contributed by atoms with Crippen molar-refractivity contribution in [2.24, 2.45) is 0 Å². The number of sulfonamides is 1. The van der Waals surface area contributed by atoms with Gasteiger partial charge in [0.2, 0.25) is 10.0 Å². The molecule has 0 unspecified atom stereocenters. The van der Waals surface area contributed by atoms with E-state index < -0.39 is 14.9 Å². The minimum atomic E-state index is -3.70. The Morgan fingerprint density at radius 2 is 1.75 bits per heavy atom. The fraction of sp³-hybridized carbons (Fsp3) is 0.579. The summed E-state index contributed by atoms with van der Waals surface area (Å²) in [5.74, 6) is 2.62. The van der Waals surface area contributed by atoms with Crippen LogP contribution in [0.5, 0.6) is 0 Å². The van der Waals surface area contributed by atoms with Gasteiger partial charge in [-0.25, -0.2) is 8.42 Å². The summed E-state index contributed by atoms with van der Waals surface area (Å²) in [6.07, 6.45) is 8.65. The molecule has 2 fully saturated rings. The third-order valence-corrected chi connectivity index (χ3v) is 7.28. The summed E-state index contributed by atoms with van der Waals surface area (Å²) in [7, 11) is -3.70. The van der Waals surface area contributed by atoms with Gasteiger partial charge in [0.25, 0.3) is 5.69 Å². The van der Waals surface area contributed by atoms with Crippen LogP contribution in [0.15, 0.2) is 23.1 Å². The molecular weight excluding hydrogens is 380 g/mol. The van der Waals surface area contributed by atoms with Gasteiger partial charge in [-0.2, -0.15) is 4.31 Å². The first kappa shape index (κ1) is 20.6. The Kier molecular flexibility index (Phi) is 6.54. The Bertz CT molecular complexity index is 851. The van der Waals surface area contributed by atoms with E-state index in [-0.39, 0.29) is 10.6 Å². The molecule has 0 radical (unpaired) electrons. The first-order chi connectivity index (χ1) is 13.4. The van der Waals surface area contributed by atoms with Crippen molar-refractivity contribution in [3.8, 4) is 12.3 Å². The first-order valence-corrected chi connectivity index (χ1v) is 11.1. The SMILES string of the molecule is C#CCCN1CCN(c2ccc(S(=O)(=O)N3CCCCC3)cc2[N+](=O)[O-])CC1. The molecule has 0 bridgehead atoms. The van der Waals surface area contributed by atoms with Crippen LogP contribution in [0.4, 0.5) is 11.4 Å². The van der Waals surface area contributed by atoms with Crippen molar-refractivity contribution >= 4 is 21.4 Å². The summed E-state index contributed by atoms with van der Waals surface area (Å²) in [4.78, 5) is 15.4. The highest BCUT2D eigenvalue weighted by atomic mass is 32.2. The smallest absolute Gasteiger partial charge is 0.293 e. The van der Waals surface area contributed by atoms with E-state index in [1.165, 1.54) is 16.4 Å². The van der Waals surface area contributed by atoms with Crippen molar-refractivity contribution in [2.75, 3.05) is 50.7 Å². The molecule has 1 aromatic carbocycles. The van der Waals surface area contributed by atoms with Gasteiger partial charge in [-0.3, -0.25) is 15.0 Å². The van der Waals surface area contributed by atoms with Crippen LogP contribution < -0.4 is 4.90 Å². The van der Waals surface area contributed by atoms with Gasteiger partial charge in [-0.15, -0.1) is 12.3 Å². The fourth-order valence-electron chi connectivity index (χ4n) is 3.77. The quantitative estimate of drug-likeness (QED) is 0.407. The predicted octanol–water partition coefficient (Wildman–Crippen LogP) is 1.91. The van der Waals surface area contributed by atoms with E-state index in [1.807, 2.05) is 4.90 Å². The standard InChI is InChI=1S/C19H26N4O4S/c1-2-3-9-20-12-14-21(15-13-20)18-8-7-17(16-19(18)23(24)25)28(26,27)22-10-5-4-6-11-22/h1,7-8,16H,3-6,9-15H2. The van der Waals surface area contributed by atoms with Gasteiger partial charge in [0.1, 0.15) is 5.69 Å².